The Balaban J connectivity index is 0.000000429. The third kappa shape index (κ3) is 24.6. The molecule has 2 amide bonds. The number of aliphatic carboxylic acids is 4. The van der Waals surface area contributed by atoms with Gasteiger partial charge in [0, 0.05) is 97.8 Å². The zero-order valence-electron chi connectivity index (χ0n) is 40.8. The number of aromatic nitrogens is 3. The van der Waals surface area contributed by atoms with E-state index in [1.165, 1.54) is 23.0 Å². The third-order valence-electron chi connectivity index (χ3n) is 11.4. The predicted molar refractivity (Wildman–Crippen MR) is 263 cm³/mol. The second-order valence-corrected chi connectivity index (χ2v) is 16.8. The molecule has 8 N–H and O–H groups in total. The standard InChI is InChI=1S/C28H48N6O11.C20H23N5O/c35-18-4-5-23(36)29-8-2-1-3-9-30-24(37)7-6-22(28(44)45)34-16-14-32(20-26(40)41)12-10-31(19-25(38)39)11-13-33(15-17-34)21-27(42)43;1-15-17(9-6-10-18(15)16-7-4-3-5-8-16)13-26-20-24-14-23-19(25-20)22-12-11-21-2/h18,22H,1-17,19-21H2,(H,29,36)(H,30,37)(H,38,39)(H,40,41)(H,42,43)(H,44,45);3-10,14,21H,11-13H2,1-2H3,(H,22,23,24,25). The smallest absolute Gasteiger partial charge is 0.321 e. The summed E-state index contributed by atoms with van der Waals surface area (Å²) in [6, 6.07) is 15.8. The second kappa shape index (κ2) is 33.8. The van der Waals surface area contributed by atoms with Gasteiger partial charge in [0.15, 0.2) is 0 Å². The summed E-state index contributed by atoms with van der Waals surface area (Å²) in [5.74, 6) is -4.39. The van der Waals surface area contributed by atoms with E-state index in [-0.39, 0.29) is 109 Å². The van der Waals surface area contributed by atoms with Gasteiger partial charge >= 0.3 is 29.9 Å². The van der Waals surface area contributed by atoms with E-state index in [0.717, 1.165) is 25.1 Å². The number of amides is 2. The number of aldehydes is 1. The molecule has 3 aromatic rings. The summed E-state index contributed by atoms with van der Waals surface area (Å²) in [6.07, 6.45) is 4.50. The first kappa shape index (κ1) is 58.7. The Labute approximate surface area is 414 Å². The fraction of sp³-hybridized carbons (Fsp3) is 0.542. The lowest BCUT2D eigenvalue weighted by molar-refractivity contribution is -0.145. The Morgan fingerprint density at radius 1 is 0.690 bits per heavy atom. The van der Waals surface area contributed by atoms with E-state index >= 15 is 0 Å². The van der Waals surface area contributed by atoms with Crippen molar-refractivity contribution in [3.63, 3.8) is 0 Å². The predicted octanol–water partition coefficient (Wildman–Crippen LogP) is 1.13. The van der Waals surface area contributed by atoms with Crippen molar-refractivity contribution < 1.29 is 58.7 Å². The number of unbranched alkanes of at least 4 members (excludes halogenated alkanes) is 2. The Hall–Kier alpha value is -6.66. The zero-order chi connectivity index (χ0) is 51.8. The minimum absolute atomic E-state index is 0.0156. The Morgan fingerprint density at radius 3 is 1.79 bits per heavy atom. The van der Waals surface area contributed by atoms with E-state index in [2.05, 4.69) is 67.4 Å². The number of likely N-dealkylation sites (N-methyl/N-ethyl adjacent to an activating group) is 1. The van der Waals surface area contributed by atoms with Crippen LogP contribution in [-0.2, 0) is 40.2 Å². The maximum atomic E-state index is 12.5. The normalized spacial score (nSPS) is 14.6. The summed E-state index contributed by atoms with van der Waals surface area (Å²) in [7, 11) is 1.90. The number of rotatable bonds is 28. The number of benzene rings is 2. The first-order chi connectivity index (χ1) is 34.2. The van der Waals surface area contributed by atoms with Crippen LogP contribution in [0.1, 0.15) is 56.1 Å². The fourth-order valence-electron chi connectivity index (χ4n) is 7.54. The molecular formula is C48H71N11O12. The Kier molecular flexibility index (Phi) is 27.9. The van der Waals surface area contributed by atoms with Gasteiger partial charge in [0.25, 0.3) is 0 Å². The first-order valence-electron chi connectivity index (χ1n) is 23.8. The number of nitrogens with zero attached hydrogens (tertiary/aromatic N) is 7. The van der Waals surface area contributed by atoms with Gasteiger partial charge < -0.3 is 51.2 Å². The highest BCUT2D eigenvalue weighted by Crippen LogP contribution is 2.26. The van der Waals surface area contributed by atoms with Crippen LogP contribution in [0, 0.1) is 6.92 Å². The summed E-state index contributed by atoms with van der Waals surface area (Å²) in [5, 5.41) is 49.8. The van der Waals surface area contributed by atoms with E-state index in [0.29, 0.717) is 50.8 Å². The molecule has 71 heavy (non-hydrogen) atoms. The van der Waals surface area contributed by atoms with Crippen molar-refractivity contribution in [3.8, 4) is 17.1 Å². The van der Waals surface area contributed by atoms with Crippen LogP contribution in [0.4, 0.5) is 5.95 Å². The molecule has 0 aliphatic carbocycles. The lowest BCUT2D eigenvalue weighted by Gasteiger charge is -2.35. The number of carbonyl (C=O) groups is 7. The van der Waals surface area contributed by atoms with Gasteiger partial charge in [-0.2, -0.15) is 9.97 Å². The molecule has 390 valence electrons. The van der Waals surface area contributed by atoms with Crippen LogP contribution in [-0.4, -0.2) is 208 Å². The number of hydrogen-bond donors (Lipinski definition) is 8. The van der Waals surface area contributed by atoms with Crippen LogP contribution in [0.5, 0.6) is 6.01 Å². The van der Waals surface area contributed by atoms with Crippen molar-refractivity contribution in [3.05, 3.63) is 66.0 Å². The molecule has 1 aliphatic rings. The molecule has 0 bridgehead atoms. The van der Waals surface area contributed by atoms with Crippen LogP contribution < -0.4 is 26.0 Å². The van der Waals surface area contributed by atoms with E-state index in [4.69, 9.17) is 4.74 Å². The fourth-order valence-corrected chi connectivity index (χ4v) is 7.54. The number of nitrogens with one attached hydrogen (secondary N) is 4. The van der Waals surface area contributed by atoms with Crippen molar-refractivity contribution in [2.75, 3.05) is 111 Å². The van der Waals surface area contributed by atoms with Crippen LogP contribution in [0.15, 0.2) is 54.9 Å². The summed E-state index contributed by atoms with van der Waals surface area (Å²) in [6.45, 7) is 5.45. The number of ether oxygens (including phenoxy) is 1. The summed E-state index contributed by atoms with van der Waals surface area (Å²) in [5.41, 5.74) is 4.70. The van der Waals surface area contributed by atoms with Crippen molar-refractivity contribution in [2.45, 2.75) is 64.5 Å². The third-order valence-corrected chi connectivity index (χ3v) is 11.4. The number of carbonyl (C=O) groups excluding carboxylic acids is 3. The molecule has 4 rings (SSSR count). The molecule has 23 heteroatoms. The highest BCUT2D eigenvalue weighted by Gasteiger charge is 2.28. The Bertz CT molecular complexity index is 2090. The number of hydrogen-bond acceptors (Lipinski definition) is 17. The van der Waals surface area contributed by atoms with Gasteiger partial charge in [-0.1, -0.05) is 48.5 Å². The largest absolute Gasteiger partial charge is 0.480 e. The average molecular weight is 994 g/mol. The highest BCUT2D eigenvalue weighted by molar-refractivity contribution is 5.79. The quantitative estimate of drug-likeness (QED) is 0.0374. The summed E-state index contributed by atoms with van der Waals surface area (Å²) in [4.78, 5) is 99.8. The maximum absolute atomic E-state index is 12.5. The van der Waals surface area contributed by atoms with Crippen LogP contribution in [0.2, 0.25) is 0 Å². The van der Waals surface area contributed by atoms with Gasteiger partial charge in [0.2, 0.25) is 17.8 Å². The number of carboxylic acids is 4. The monoisotopic (exact) mass is 994 g/mol. The molecule has 1 fully saturated rings. The van der Waals surface area contributed by atoms with Gasteiger partial charge in [-0.3, -0.25) is 48.4 Å². The highest BCUT2D eigenvalue weighted by atomic mass is 16.5. The molecule has 1 saturated heterocycles. The topological polar surface area (TPSA) is 309 Å². The molecule has 0 spiro atoms. The minimum Gasteiger partial charge on any atom is -0.480 e. The van der Waals surface area contributed by atoms with Gasteiger partial charge in [0.05, 0.1) is 19.6 Å². The second-order valence-electron chi connectivity index (χ2n) is 16.8. The van der Waals surface area contributed by atoms with Crippen molar-refractivity contribution in [2.24, 2.45) is 0 Å². The SMILES string of the molecule is CNCCNc1ncnc(OCc2cccc(-c3ccccc3)c2C)n1.O=CCCC(=O)NCCCCCNC(=O)CCC(C(=O)O)N1CCN(CC(=O)O)CCN(CC(=O)O)CCN(CC(=O)O)CC1. The molecule has 0 saturated carbocycles. The van der Waals surface area contributed by atoms with E-state index in [1.807, 2.05) is 31.3 Å². The maximum Gasteiger partial charge on any atom is 0.321 e. The van der Waals surface area contributed by atoms with Crippen LogP contribution in [0.3, 0.4) is 0 Å². The van der Waals surface area contributed by atoms with Crippen LogP contribution in [0.25, 0.3) is 11.1 Å². The van der Waals surface area contributed by atoms with Gasteiger partial charge in [-0.15, -0.1) is 0 Å². The van der Waals surface area contributed by atoms with Crippen molar-refractivity contribution in [1.82, 2.24) is 50.5 Å². The molecule has 1 unspecified atom stereocenters. The summed E-state index contributed by atoms with van der Waals surface area (Å²) >= 11 is 0. The van der Waals surface area contributed by atoms with Gasteiger partial charge in [-0.05, 0) is 61.9 Å². The minimum atomic E-state index is -1.16. The van der Waals surface area contributed by atoms with Gasteiger partial charge in [-0.25, -0.2) is 4.98 Å². The first-order valence-corrected chi connectivity index (χ1v) is 23.8. The van der Waals surface area contributed by atoms with Crippen molar-refractivity contribution >= 4 is 47.9 Å². The van der Waals surface area contributed by atoms with Crippen molar-refractivity contribution in [1.29, 1.82) is 0 Å². The van der Waals surface area contributed by atoms with Gasteiger partial charge in [0.1, 0.15) is 25.3 Å². The van der Waals surface area contributed by atoms with Crippen LogP contribution >= 0.6 is 0 Å². The zero-order valence-corrected chi connectivity index (χ0v) is 40.8. The average Bonchev–Trinajstić information content (AvgIpc) is 3.33. The molecule has 23 nitrogen and oxygen atoms in total. The molecule has 1 aromatic heterocycles. The molecule has 1 aliphatic heterocycles. The Morgan fingerprint density at radius 2 is 1.25 bits per heavy atom. The van der Waals surface area contributed by atoms with E-state index < -0.39 is 29.9 Å². The van der Waals surface area contributed by atoms with E-state index in [9.17, 15) is 54.0 Å². The summed E-state index contributed by atoms with van der Waals surface area (Å²) < 4.78 is 5.79. The molecule has 0 radical (unpaired) electrons. The number of carboxylic acid groups (broad SMARTS) is 4. The molecule has 1 atom stereocenters. The molecular weight excluding hydrogens is 923 g/mol. The number of anilines is 1. The lowest BCUT2D eigenvalue weighted by Crippen LogP contribution is -2.52. The van der Waals surface area contributed by atoms with E-state index in [1.54, 1.807) is 19.6 Å². The molecule has 2 aromatic carbocycles. The lowest BCUT2D eigenvalue weighted by atomic mass is 9.97. The molecule has 2 heterocycles.